The normalized spacial score (nSPS) is 10.6. The molecule has 1 heterocycles. The van der Waals surface area contributed by atoms with Crippen LogP contribution in [0.3, 0.4) is 0 Å². The predicted octanol–water partition coefficient (Wildman–Crippen LogP) is 5.05. The molecule has 0 atom stereocenters. The van der Waals surface area contributed by atoms with Gasteiger partial charge in [0, 0.05) is 28.4 Å². The first-order chi connectivity index (χ1) is 13.9. The van der Waals surface area contributed by atoms with E-state index in [0.29, 0.717) is 21.9 Å². The van der Waals surface area contributed by atoms with Crippen molar-refractivity contribution in [1.29, 1.82) is 0 Å². The predicted molar refractivity (Wildman–Crippen MR) is 115 cm³/mol. The first kappa shape index (κ1) is 21.1. The van der Waals surface area contributed by atoms with E-state index in [9.17, 15) is 9.59 Å². The van der Waals surface area contributed by atoms with Crippen molar-refractivity contribution in [2.24, 2.45) is 0 Å². The van der Waals surface area contributed by atoms with Crippen molar-refractivity contribution in [2.75, 3.05) is 6.61 Å². The smallest absolute Gasteiger partial charge is 0.267 e. The summed E-state index contributed by atoms with van der Waals surface area (Å²) in [4.78, 5) is 25.1. The van der Waals surface area contributed by atoms with Crippen molar-refractivity contribution in [1.82, 2.24) is 9.78 Å². The fourth-order valence-corrected chi connectivity index (χ4v) is 3.69. The summed E-state index contributed by atoms with van der Waals surface area (Å²) in [6.45, 7) is 4.02. The fourth-order valence-electron chi connectivity index (χ4n) is 2.70. The average Bonchev–Trinajstić information content (AvgIpc) is 2.67. The maximum Gasteiger partial charge on any atom is 0.267 e. The molecule has 29 heavy (non-hydrogen) atoms. The number of hydrogen-bond acceptors (Lipinski definition) is 4. The molecule has 2 aromatic carbocycles. The van der Waals surface area contributed by atoms with Gasteiger partial charge in [0.2, 0.25) is 0 Å². The summed E-state index contributed by atoms with van der Waals surface area (Å²) in [6, 6.07) is 10.8. The van der Waals surface area contributed by atoms with Gasteiger partial charge in [-0.2, -0.15) is 5.10 Å². The first-order valence-electron chi connectivity index (χ1n) is 8.48. The zero-order valence-corrected chi connectivity index (χ0v) is 17.3. The van der Waals surface area contributed by atoms with Crippen molar-refractivity contribution in [3.8, 4) is 5.75 Å². The number of hydrogen-bond donors (Lipinski definition) is 0. The zero-order valence-electron chi connectivity index (χ0n) is 15.1. The summed E-state index contributed by atoms with van der Waals surface area (Å²) >= 11 is 18.3. The van der Waals surface area contributed by atoms with E-state index in [1.807, 2.05) is 0 Å². The number of ether oxygens (including phenoxy) is 1. The van der Waals surface area contributed by atoms with Crippen LogP contribution in [0.15, 0.2) is 66.1 Å². The SMILES string of the molecule is C=CCOc1ccc(C(=O)c2c(Cl)cc(Cl)cc2Cl)cc1Cn1ncccc1=O. The zero-order chi connectivity index (χ0) is 21.0. The van der Waals surface area contributed by atoms with Crippen LogP contribution in [0.1, 0.15) is 21.5 Å². The van der Waals surface area contributed by atoms with E-state index in [1.54, 1.807) is 30.3 Å². The van der Waals surface area contributed by atoms with E-state index < -0.39 is 0 Å². The third kappa shape index (κ3) is 4.88. The number of ketones is 1. The minimum absolute atomic E-state index is 0.120. The van der Waals surface area contributed by atoms with Crippen molar-refractivity contribution in [3.63, 3.8) is 0 Å². The Morgan fingerprint density at radius 1 is 1.14 bits per heavy atom. The van der Waals surface area contributed by atoms with E-state index in [2.05, 4.69) is 11.7 Å². The van der Waals surface area contributed by atoms with E-state index in [1.165, 1.54) is 29.1 Å². The largest absolute Gasteiger partial charge is 0.489 e. The molecule has 0 unspecified atom stereocenters. The van der Waals surface area contributed by atoms with Crippen LogP contribution in [-0.4, -0.2) is 22.2 Å². The Labute approximate surface area is 182 Å². The number of nitrogens with zero attached hydrogens (tertiary/aromatic N) is 2. The van der Waals surface area contributed by atoms with E-state index in [-0.39, 0.29) is 40.1 Å². The van der Waals surface area contributed by atoms with E-state index in [4.69, 9.17) is 39.5 Å². The van der Waals surface area contributed by atoms with Gasteiger partial charge in [0.05, 0.1) is 22.2 Å². The fraction of sp³-hybridized carbons (Fsp3) is 0.0952. The Kier molecular flexibility index (Phi) is 6.75. The van der Waals surface area contributed by atoms with Crippen molar-refractivity contribution < 1.29 is 9.53 Å². The third-order valence-corrected chi connectivity index (χ3v) is 4.83. The number of carbonyl (C=O) groups excluding carboxylic acids is 1. The number of halogens is 3. The highest BCUT2D eigenvalue weighted by Crippen LogP contribution is 2.32. The standard InChI is InChI=1S/C21H15Cl3N2O3/c1-2-8-29-18-6-5-13(9-14(18)12-26-19(27)4-3-7-25-26)21(28)20-16(23)10-15(22)11-17(20)24/h2-7,9-11H,1,8,12H2. The summed E-state index contributed by atoms with van der Waals surface area (Å²) in [6.07, 6.45) is 3.11. The van der Waals surface area contributed by atoms with Gasteiger partial charge in [-0.25, -0.2) is 4.68 Å². The number of rotatable bonds is 7. The second kappa shape index (κ2) is 9.27. The number of benzene rings is 2. The van der Waals surface area contributed by atoms with Crippen LogP contribution in [0, 0.1) is 0 Å². The van der Waals surface area contributed by atoms with Gasteiger partial charge in [0.25, 0.3) is 5.56 Å². The summed E-state index contributed by atoms with van der Waals surface area (Å²) < 4.78 is 6.93. The summed E-state index contributed by atoms with van der Waals surface area (Å²) in [7, 11) is 0. The van der Waals surface area contributed by atoms with Crippen LogP contribution in [-0.2, 0) is 6.54 Å². The molecule has 0 N–H and O–H groups in total. The van der Waals surface area contributed by atoms with Gasteiger partial charge >= 0.3 is 0 Å². The first-order valence-corrected chi connectivity index (χ1v) is 9.62. The average molecular weight is 450 g/mol. The Balaban J connectivity index is 2.05. The van der Waals surface area contributed by atoms with Gasteiger partial charge in [-0.05, 0) is 36.4 Å². The van der Waals surface area contributed by atoms with Crippen molar-refractivity contribution in [2.45, 2.75) is 6.54 Å². The highest BCUT2D eigenvalue weighted by Gasteiger charge is 2.19. The lowest BCUT2D eigenvalue weighted by atomic mass is 10.0. The molecule has 0 fully saturated rings. The molecule has 8 heteroatoms. The molecule has 5 nitrogen and oxygen atoms in total. The molecule has 0 aliphatic heterocycles. The maximum absolute atomic E-state index is 13.0. The molecule has 0 spiro atoms. The van der Waals surface area contributed by atoms with Crippen molar-refractivity contribution >= 4 is 40.6 Å². The molecule has 0 saturated heterocycles. The van der Waals surface area contributed by atoms with Crippen LogP contribution >= 0.6 is 34.8 Å². The van der Waals surface area contributed by atoms with Gasteiger partial charge in [0.15, 0.2) is 5.78 Å². The topological polar surface area (TPSA) is 61.2 Å². The van der Waals surface area contributed by atoms with Crippen LogP contribution in [0.5, 0.6) is 5.75 Å². The molecule has 0 aliphatic rings. The Morgan fingerprint density at radius 3 is 2.52 bits per heavy atom. The Morgan fingerprint density at radius 2 is 1.86 bits per heavy atom. The second-order valence-corrected chi connectivity index (χ2v) is 7.27. The van der Waals surface area contributed by atoms with Gasteiger partial charge in [0.1, 0.15) is 12.4 Å². The highest BCUT2D eigenvalue weighted by molar-refractivity contribution is 6.43. The third-order valence-electron chi connectivity index (χ3n) is 4.02. The summed E-state index contributed by atoms with van der Waals surface area (Å²) in [5.41, 5.74) is 0.807. The molecule has 0 bridgehead atoms. The van der Waals surface area contributed by atoms with E-state index in [0.717, 1.165) is 0 Å². The molecule has 1 aromatic heterocycles. The minimum atomic E-state index is -0.374. The molecule has 148 valence electrons. The molecule has 0 radical (unpaired) electrons. The van der Waals surface area contributed by atoms with E-state index >= 15 is 0 Å². The summed E-state index contributed by atoms with van der Waals surface area (Å²) in [5.74, 6) is 0.133. The minimum Gasteiger partial charge on any atom is -0.489 e. The lowest BCUT2D eigenvalue weighted by molar-refractivity contribution is 0.103. The van der Waals surface area contributed by atoms with Crippen molar-refractivity contribution in [3.05, 3.63) is 103 Å². The molecule has 3 aromatic rings. The molecular formula is C21H15Cl3N2O3. The van der Waals surface area contributed by atoms with Gasteiger partial charge in [-0.15, -0.1) is 0 Å². The van der Waals surface area contributed by atoms with Gasteiger partial charge in [-0.1, -0.05) is 47.5 Å². The van der Waals surface area contributed by atoms with Gasteiger partial charge < -0.3 is 4.74 Å². The highest BCUT2D eigenvalue weighted by atomic mass is 35.5. The second-order valence-electron chi connectivity index (χ2n) is 6.02. The van der Waals surface area contributed by atoms with Crippen LogP contribution in [0.4, 0.5) is 0 Å². The van der Waals surface area contributed by atoms with Gasteiger partial charge in [-0.3, -0.25) is 9.59 Å². The molecule has 3 rings (SSSR count). The summed E-state index contributed by atoms with van der Waals surface area (Å²) in [5, 5.41) is 4.69. The Bertz CT molecular complexity index is 1120. The molecule has 0 saturated carbocycles. The van der Waals surface area contributed by atoms with Crippen LogP contribution < -0.4 is 10.3 Å². The monoisotopic (exact) mass is 448 g/mol. The molecular weight excluding hydrogens is 435 g/mol. The van der Waals surface area contributed by atoms with Crippen LogP contribution in [0.2, 0.25) is 15.1 Å². The maximum atomic E-state index is 13.0. The lowest BCUT2D eigenvalue weighted by Gasteiger charge is -2.13. The lowest BCUT2D eigenvalue weighted by Crippen LogP contribution is -2.22. The quantitative estimate of drug-likeness (QED) is 0.374. The Hall–Kier alpha value is -2.60. The molecule has 0 amide bonds. The number of carbonyl (C=O) groups is 1. The van der Waals surface area contributed by atoms with Crippen LogP contribution in [0.25, 0.3) is 0 Å². The molecule has 0 aliphatic carbocycles. The number of aromatic nitrogens is 2.